The van der Waals surface area contributed by atoms with Crippen LogP contribution in [0.2, 0.25) is 0 Å². The minimum absolute atomic E-state index is 0.107. The van der Waals surface area contributed by atoms with Gasteiger partial charge in [-0.25, -0.2) is 4.39 Å². The van der Waals surface area contributed by atoms with Crippen LogP contribution in [-0.4, -0.2) is 7.05 Å². The lowest BCUT2D eigenvalue weighted by Crippen LogP contribution is -2.05. The van der Waals surface area contributed by atoms with Gasteiger partial charge in [0.15, 0.2) is 11.6 Å². The SMILES string of the molecule is CNCc1ccc(C)c(Oc2cccc(F)c2F)c1. The van der Waals surface area contributed by atoms with Gasteiger partial charge < -0.3 is 10.1 Å². The minimum Gasteiger partial charge on any atom is -0.454 e. The standard InChI is InChI=1S/C15H15F2NO/c1-10-6-7-11(9-18-2)8-14(10)19-13-5-3-4-12(16)15(13)17/h3-8,18H,9H2,1-2H3. The molecule has 0 fully saturated rings. The molecule has 0 aliphatic heterocycles. The summed E-state index contributed by atoms with van der Waals surface area (Å²) >= 11 is 0. The predicted octanol–water partition coefficient (Wildman–Crippen LogP) is 3.78. The maximum absolute atomic E-state index is 13.6. The summed E-state index contributed by atoms with van der Waals surface area (Å²) in [5.41, 5.74) is 1.88. The lowest BCUT2D eigenvalue weighted by molar-refractivity contribution is 0.414. The van der Waals surface area contributed by atoms with Gasteiger partial charge in [-0.1, -0.05) is 18.2 Å². The topological polar surface area (TPSA) is 21.3 Å². The summed E-state index contributed by atoms with van der Waals surface area (Å²) in [5, 5.41) is 3.03. The Balaban J connectivity index is 2.32. The van der Waals surface area contributed by atoms with E-state index in [9.17, 15) is 8.78 Å². The van der Waals surface area contributed by atoms with Crippen LogP contribution in [0, 0.1) is 18.6 Å². The zero-order valence-corrected chi connectivity index (χ0v) is 10.8. The molecule has 0 aliphatic carbocycles. The highest BCUT2D eigenvalue weighted by Gasteiger charge is 2.11. The van der Waals surface area contributed by atoms with Gasteiger partial charge >= 0.3 is 0 Å². The number of ether oxygens (including phenoxy) is 1. The van der Waals surface area contributed by atoms with E-state index in [2.05, 4.69) is 5.32 Å². The number of halogens is 2. The smallest absolute Gasteiger partial charge is 0.201 e. The minimum atomic E-state index is -0.971. The maximum atomic E-state index is 13.6. The van der Waals surface area contributed by atoms with Crippen molar-refractivity contribution in [2.75, 3.05) is 7.05 Å². The molecule has 2 nitrogen and oxygen atoms in total. The molecule has 0 saturated carbocycles. The van der Waals surface area contributed by atoms with Crippen molar-refractivity contribution >= 4 is 0 Å². The molecule has 4 heteroatoms. The average Bonchev–Trinajstić information content (AvgIpc) is 2.39. The van der Waals surface area contributed by atoms with Crippen LogP contribution in [-0.2, 0) is 6.54 Å². The van der Waals surface area contributed by atoms with Crippen LogP contribution in [0.4, 0.5) is 8.78 Å². The van der Waals surface area contributed by atoms with Crippen LogP contribution in [0.3, 0.4) is 0 Å². The summed E-state index contributed by atoms with van der Waals surface area (Å²) < 4.78 is 32.1. The predicted molar refractivity (Wildman–Crippen MR) is 70.4 cm³/mol. The van der Waals surface area contributed by atoms with Crippen LogP contribution in [0.5, 0.6) is 11.5 Å². The second-order valence-corrected chi connectivity index (χ2v) is 4.28. The molecule has 2 aromatic rings. The molecule has 100 valence electrons. The van der Waals surface area contributed by atoms with Crippen molar-refractivity contribution in [3.05, 3.63) is 59.2 Å². The third-order valence-electron chi connectivity index (χ3n) is 2.77. The van der Waals surface area contributed by atoms with Crippen LogP contribution < -0.4 is 10.1 Å². The van der Waals surface area contributed by atoms with E-state index < -0.39 is 11.6 Å². The van der Waals surface area contributed by atoms with E-state index in [0.29, 0.717) is 12.3 Å². The normalized spacial score (nSPS) is 10.5. The van der Waals surface area contributed by atoms with Crippen molar-refractivity contribution in [1.29, 1.82) is 0 Å². The van der Waals surface area contributed by atoms with Crippen LogP contribution in [0.15, 0.2) is 36.4 Å². The summed E-state index contributed by atoms with van der Waals surface area (Å²) in [4.78, 5) is 0. The first-order valence-electron chi connectivity index (χ1n) is 5.98. The van der Waals surface area contributed by atoms with E-state index >= 15 is 0 Å². The van der Waals surface area contributed by atoms with Crippen LogP contribution in [0.1, 0.15) is 11.1 Å². The highest BCUT2D eigenvalue weighted by atomic mass is 19.2. The highest BCUT2D eigenvalue weighted by Crippen LogP contribution is 2.29. The van der Waals surface area contributed by atoms with Crippen molar-refractivity contribution in [3.63, 3.8) is 0 Å². The fraction of sp³-hybridized carbons (Fsp3) is 0.200. The molecule has 1 N–H and O–H groups in total. The Labute approximate surface area is 111 Å². The summed E-state index contributed by atoms with van der Waals surface area (Å²) in [5.74, 6) is -1.47. The van der Waals surface area contributed by atoms with Crippen molar-refractivity contribution in [2.45, 2.75) is 13.5 Å². The molecule has 0 aromatic heterocycles. The van der Waals surface area contributed by atoms with E-state index in [1.165, 1.54) is 12.1 Å². The van der Waals surface area contributed by atoms with Crippen molar-refractivity contribution < 1.29 is 13.5 Å². The second-order valence-electron chi connectivity index (χ2n) is 4.28. The van der Waals surface area contributed by atoms with Gasteiger partial charge in [-0.15, -0.1) is 0 Å². The van der Waals surface area contributed by atoms with E-state index in [1.807, 2.05) is 32.2 Å². The molecule has 0 aliphatic rings. The molecular formula is C15H15F2NO. The zero-order valence-electron chi connectivity index (χ0n) is 10.8. The van der Waals surface area contributed by atoms with Crippen LogP contribution >= 0.6 is 0 Å². The Hall–Kier alpha value is -1.94. The monoisotopic (exact) mass is 263 g/mol. The molecule has 2 aromatic carbocycles. The second kappa shape index (κ2) is 5.80. The largest absolute Gasteiger partial charge is 0.454 e. The zero-order chi connectivity index (χ0) is 13.8. The Bertz CT molecular complexity index is 584. The third kappa shape index (κ3) is 3.09. The first-order valence-corrected chi connectivity index (χ1v) is 5.98. The van der Waals surface area contributed by atoms with E-state index in [4.69, 9.17) is 4.74 Å². The average molecular weight is 263 g/mol. The molecule has 0 atom stereocenters. The molecule has 19 heavy (non-hydrogen) atoms. The Kier molecular flexibility index (Phi) is 4.12. The molecule has 0 amide bonds. The lowest BCUT2D eigenvalue weighted by Gasteiger charge is -2.11. The highest BCUT2D eigenvalue weighted by molar-refractivity contribution is 5.40. The Morgan fingerprint density at radius 2 is 1.89 bits per heavy atom. The van der Waals surface area contributed by atoms with Gasteiger partial charge in [0, 0.05) is 6.54 Å². The number of hydrogen-bond acceptors (Lipinski definition) is 2. The van der Waals surface area contributed by atoms with Gasteiger partial charge in [0.25, 0.3) is 0 Å². The van der Waals surface area contributed by atoms with Gasteiger partial charge in [-0.05, 0) is 43.3 Å². The van der Waals surface area contributed by atoms with Gasteiger partial charge in [0.1, 0.15) is 5.75 Å². The van der Waals surface area contributed by atoms with Crippen molar-refractivity contribution in [1.82, 2.24) is 5.32 Å². The first-order chi connectivity index (χ1) is 9.11. The number of hydrogen-bond donors (Lipinski definition) is 1. The van der Waals surface area contributed by atoms with Crippen molar-refractivity contribution in [3.8, 4) is 11.5 Å². The summed E-state index contributed by atoms with van der Waals surface area (Å²) in [6.45, 7) is 2.54. The van der Waals surface area contributed by atoms with Gasteiger partial charge in [-0.3, -0.25) is 0 Å². The summed E-state index contributed by atoms with van der Waals surface area (Å²) in [6.07, 6.45) is 0. The number of aryl methyl sites for hydroxylation is 1. The molecule has 0 saturated heterocycles. The lowest BCUT2D eigenvalue weighted by atomic mass is 10.1. The molecule has 0 radical (unpaired) electrons. The molecule has 0 heterocycles. The molecule has 0 bridgehead atoms. The molecule has 2 rings (SSSR count). The van der Waals surface area contributed by atoms with Gasteiger partial charge in [-0.2, -0.15) is 4.39 Å². The van der Waals surface area contributed by atoms with Gasteiger partial charge in [0.05, 0.1) is 0 Å². The maximum Gasteiger partial charge on any atom is 0.201 e. The first kappa shape index (κ1) is 13.5. The van der Waals surface area contributed by atoms with E-state index in [0.717, 1.165) is 17.2 Å². The Morgan fingerprint density at radius 3 is 2.63 bits per heavy atom. The number of benzene rings is 2. The third-order valence-corrected chi connectivity index (χ3v) is 2.77. The van der Waals surface area contributed by atoms with Crippen molar-refractivity contribution in [2.24, 2.45) is 0 Å². The fourth-order valence-corrected chi connectivity index (χ4v) is 1.75. The summed E-state index contributed by atoms with van der Waals surface area (Å²) in [6, 6.07) is 9.55. The van der Waals surface area contributed by atoms with Crippen LogP contribution in [0.25, 0.3) is 0 Å². The van der Waals surface area contributed by atoms with Gasteiger partial charge in [0.2, 0.25) is 5.82 Å². The Morgan fingerprint density at radius 1 is 1.11 bits per heavy atom. The quantitative estimate of drug-likeness (QED) is 0.906. The summed E-state index contributed by atoms with van der Waals surface area (Å²) in [7, 11) is 1.84. The number of rotatable bonds is 4. The van der Waals surface area contributed by atoms with E-state index in [-0.39, 0.29) is 5.75 Å². The molecular weight excluding hydrogens is 248 g/mol. The molecule has 0 unspecified atom stereocenters. The number of nitrogens with one attached hydrogen (secondary N) is 1. The molecule has 0 spiro atoms. The van der Waals surface area contributed by atoms with E-state index in [1.54, 1.807) is 0 Å². The fourth-order valence-electron chi connectivity index (χ4n) is 1.75.